The van der Waals surface area contributed by atoms with Crippen molar-refractivity contribution >= 4 is 5.91 Å². The molecule has 1 amide bonds. The number of hydrogen-bond donors (Lipinski definition) is 1. The second-order valence-electron chi connectivity index (χ2n) is 3.30. The van der Waals surface area contributed by atoms with E-state index in [9.17, 15) is 4.79 Å². The van der Waals surface area contributed by atoms with Gasteiger partial charge in [-0.3, -0.25) is 4.79 Å². The van der Waals surface area contributed by atoms with Gasteiger partial charge in [-0.1, -0.05) is 0 Å². The van der Waals surface area contributed by atoms with Gasteiger partial charge in [-0.2, -0.15) is 0 Å². The Morgan fingerprint density at radius 1 is 1.58 bits per heavy atom. The summed E-state index contributed by atoms with van der Waals surface area (Å²) in [6.07, 6.45) is 2.21. The Hall–Kier alpha value is -0.570. The van der Waals surface area contributed by atoms with Crippen molar-refractivity contribution in [2.75, 3.05) is 26.7 Å². The molecule has 70 valence electrons. The van der Waals surface area contributed by atoms with Crippen LogP contribution in [0.15, 0.2) is 0 Å². The van der Waals surface area contributed by atoms with Crippen molar-refractivity contribution in [1.82, 2.24) is 10.2 Å². The number of likely N-dealkylation sites (N-methyl/N-ethyl adjacent to an activating group) is 2. The van der Waals surface area contributed by atoms with Crippen molar-refractivity contribution < 1.29 is 4.79 Å². The molecule has 12 heavy (non-hydrogen) atoms. The van der Waals surface area contributed by atoms with Crippen LogP contribution in [0.4, 0.5) is 0 Å². The molecule has 3 nitrogen and oxygen atoms in total. The fourth-order valence-corrected chi connectivity index (χ4v) is 1.26. The quantitative estimate of drug-likeness (QED) is 0.650. The lowest BCUT2D eigenvalue weighted by atomic mass is 10.3. The number of nitrogens with one attached hydrogen (secondary N) is 1. The molecule has 0 aliphatic heterocycles. The Kier molecular flexibility index (Phi) is 3.53. The maximum atomic E-state index is 11.5. The number of rotatable bonds is 5. The molecule has 0 aromatic carbocycles. The standard InChI is InChI=1S/C9H18N2O/c1-3-11(7-6-10-2)9(12)8-4-5-8/h8,10H,3-7H2,1-2H3. The maximum absolute atomic E-state index is 11.5. The van der Waals surface area contributed by atoms with Crippen molar-refractivity contribution in [3.8, 4) is 0 Å². The van der Waals surface area contributed by atoms with Crippen LogP contribution in [-0.4, -0.2) is 37.5 Å². The first kappa shape index (κ1) is 9.52. The second-order valence-corrected chi connectivity index (χ2v) is 3.30. The summed E-state index contributed by atoms with van der Waals surface area (Å²) in [6.45, 7) is 4.63. The normalized spacial score (nSPS) is 16.2. The van der Waals surface area contributed by atoms with Crippen LogP contribution in [0.3, 0.4) is 0 Å². The summed E-state index contributed by atoms with van der Waals surface area (Å²) in [5, 5.41) is 3.05. The highest BCUT2D eigenvalue weighted by Gasteiger charge is 2.32. The lowest BCUT2D eigenvalue weighted by molar-refractivity contribution is -0.132. The first-order valence-electron chi connectivity index (χ1n) is 4.73. The number of carbonyl (C=O) groups excluding carboxylic acids is 1. The lowest BCUT2D eigenvalue weighted by Crippen LogP contribution is -2.36. The molecule has 0 heterocycles. The van der Waals surface area contributed by atoms with Gasteiger partial charge in [0, 0.05) is 25.6 Å². The van der Waals surface area contributed by atoms with E-state index in [0.29, 0.717) is 11.8 Å². The van der Waals surface area contributed by atoms with Crippen LogP contribution >= 0.6 is 0 Å². The first-order chi connectivity index (χ1) is 5.79. The van der Waals surface area contributed by atoms with Gasteiger partial charge in [-0.25, -0.2) is 0 Å². The molecule has 1 aliphatic rings. The van der Waals surface area contributed by atoms with Gasteiger partial charge in [0.2, 0.25) is 5.91 Å². The van der Waals surface area contributed by atoms with Gasteiger partial charge in [0.1, 0.15) is 0 Å². The minimum Gasteiger partial charge on any atom is -0.341 e. The molecule has 0 aromatic heterocycles. The summed E-state index contributed by atoms with van der Waals surface area (Å²) in [4.78, 5) is 13.5. The highest BCUT2D eigenvalue weighted by Crippen LogP contribution is 2.30. The molecule has 1 N–H and O–H groups in total. The molecular formula is C9H18N2O. The zero-order valence-electron chi connectivity index (χ0n) is 7.97. The van der Waals surface area contributed by atoms with Crippen molar-refractivity contribution in [1.29, 1.82) is 0 Å². The molecule has 0 unspecified atom stereocenters. The average Bonchev–Trinajstić information content (AvgIpc) is 2.88. The van der Waals surface area contributed by atoms with Gasteiger partial charge in [0.15, 0.2) is 0 Å². The van der Waals surface area contributed by atoms with Gasteiger partial charge in [-0.05, 0) is 26.8 Å². The van der Waals surface area contributed by atoms with E-state index >= 15 is 0 Å². The van der Waals surface area contributed by atoms with Crippen LogP contribution in [0.1, 0.15) is 19.8 Å². The van der Waals surface area contributed by atoms with E-state index in [1.54, 1.807) is 0 Å². The molecule has 0 spiro atoms. The molecule has 1 aliphatic carbocycles. The van der Waals surface area contributed by atoms with Crippen LogP contribution < -0.4 is 5.32 Å². The molecule has 0 radical (unpaired) electrons. The molecule has 1 saturated carbocycles. The van der Waals surface area contributed by atoms with E-state index in [1.165, 1.54) is 0 Å². The van der Waals surface area contributed by atoms with Crippen LogP contribution in [-0.2, 0) is 4.79 Å². The minimum atomic E-state index is 0.354. The Morgan fingerprint density at radius 3 is 2.67 bits per heavy atom. The van der Waals surface area contributed by atoms with Crippen molar-refractivity contribution in [3.05, 3.63) is 0 Å². The smallest absolute Gasteiger partial charge is 0.225 e. The number of carbonyl (C=O) groups is 1. The predicted octanol–water partition coefficient (Wildman–Crippen LogP) is 0.464. The molecule has 0 bridgehead atoms. The fraction of sp³-hybridized carbons (Fsp3) is 0.889. The molecule has 1 rings (SSSR count). The number of hydrogen-bond acceptors (Lipinski definition) is 2. The summed E-state index contributed by atoms with van der Waals surface area (Å²) < 4.78 is 0. The lowest BCUT2D eigenvalue weighted by Gasteiger charge is -2.20. The topological polar surface area (TPSA) is 32.3 Å². The van der Waals surface area contributed by atoms with Crippen LogP contribution in [0, 0.1) is 5.92 Å². The summed E-state index contributed by atoms with van der Waals surface area (Å²) >= 11 is 0. The first-order valence-corrected chi connectivity index (χ1v) is 4.73. The monoisotopic (exact) mass is 170 g/mol. The van der Waals surface area contributed by atoms with Gasteiger partial charge in [-0.15, -0.1) is 0 Å². The highest BCUT2D eigenvalue weighted by molar-refractivity contribution is 5.80. The Labute approximate surface area is 74.1 Å². The molecule has 0 saturated heterocycles. The Bertz CT molecular complexity index is 155. The van der Waals surface area contributed by atoms with Crippen LogP contribution in [0.5, 0.6) is 0 Å². The van der Waals surface area contributed by atoms with E-state index in [1.807, 2.05) is 18.9 Å². The minimum absolute atomic E-state index is 0.354. The third-order valence-corrected chi connectivity index (χ3v) is 2.25. The van der Waals surface area contributed by atoms with Gasteiger partial charge in [0.05, 0.1) is 0 Å². The molecule has 0 aromatic rings. The van der Waals surface area contributed by atoms with Gasteiger partial charge >= 0.3 is 0 Å². The molecule has 0 atom stereocenters. The second kappa shape index (κ2) is 4.45. The summed E-state index contributed by atoms with van der Waals surface area (Å²) in [5.41, 5.74) is 0. The van der Waals surface area contributed by atoms with Crippen molar-refractivity contribution in [2.45, 2.75) is 19.8 Å². The highest BCUT2D eigenvalue weighted by atomic mass is 16.2. The maximum Gasteiger partial charge on any atom is 0.225 e. The largest absolute Gasteiger partial charge is 0.341 e. The summed E-state index contributed by atoms with van der Waals surface area (Å²) in [7, 11) is 1.91. The zero-order valence-corrected chi connectivity index (χ0v) is 7.97. The summed E-state index contributed by atoms with van der Waals surface area (Å²) in [6, 6.07) is 0. The predicted molar refractivity (Wildman–Crippen MR) is 48.9 cm³/mol. The SMILES string of the molecule is CCN(CCNC)C(=O)C1CC1. The Morgan fingerprint density at radius 2 is 2.25 bits per heavy atom. The molecule has 1 fully saturated rings. The number of nitrogens with zero attached hydrogens (tertiary/aromatic N) is 1. The van der Waals surface area contributed by atoms with Crippen molar-refractivity contribution in [3.63, 3.8) is 0 Å². The number of amides is 1. The third-order valence-electron chi connectivity index (χ3n) is 2.25. The summed E-state index contributed by atoms with van der Waals surface area (Å²) in [5.74, 6) is 0.717. The van der Waals surface area contributed by atoms with E-state index in [-0.39, 0.29) is 0 Å². The van der Waals surface area contributed by atoms with Crippen LogP contribution in [0.25, 0.3) is 0 Å². The van der Waals surface area contributed by atoms with Crippen LogP contribution in [0.2, 0.25) is 0 Å². The van der Waals surface area contributed by atoms with E-state index in [4.69, 9.17) is 0 Å². The van der Waals surface area contributed by atoms with E-state index in [0.717, 1.165) is 32.5 Å². The Balaban J connectivity index is 2.27. The van der Waals surface area contributed by atoms with Gasteiger partial charge < -0.3 is 10.2 Å². The van der Waals surface area contributed by atoms with E-state index in [2.05, 4.69) is 5.32 Å². The zero-order chi connectivity index (χ0) is 8.97. The third kappa shape index (κ3) is 2.48. The average molecular weight is 170 g/mol. The molecule has 3 heteroatoms. The van der Waals surface area contributed by atoms with Gasteiger partial charge in [0.25, 0.3) is 0 Å². The van der Waals surface area contributed by atoms with Crippen molar-refractivity contribution in [2.24, 2.45) is 5.92 Å². The molecular weight excluding hydrogens is 152 g/mol. The fourth-order valence-electron chi connectivity index (χ4n) is 1.26. The van der Waals surface area contributed by atoms with E-state index < -0.39 is 0 Å².